The van der Waals surface area contributed by atoms with Gasteiger partial charge in [0.1, 0.15) is 5.76 Å². The Morgan fingerprint density at radius 2 is 2.40 bits per heavy atom. The van der Waals surface area contributed by atoms with Crippen LogP contribution in [-0.2, 0) is 4.74 Å². The zero-order valence-electron chi connectivity index (χ0n) is 8.69. The first kappa shape index (κ1) is 9.39. The zero-order chi connectivity index (χ0) is 10.1. The number of piperazine rings is 1. The monoisotopic (exact) mass is 208 g/mol. The zero-order valence-corrected chi connectivity index (χ0v) is 8.69. The third-order valence-electron chi connectivity index (χ3n) is 3.26. The van der Waals surface area contributed by atoms with Crippen LogP contribution < -0.4 is 5.32 Å². The summed E-state index contributed by atoms with van der Waals surface area (Å²) in [4.78, 5) is 2.50. The van der Waals surface area contributed by atoms with E-state index in [9.17, 15) is 0 Å². The van der Waals surface area contributed by atoms with E-state index in [2.05, 4.69) is 16.3 Å². The number of rotatable bonds is 1. The van der Waals surface area contributed by atoms with E-state index in [0.717, 1.165) is 38.6 Å². The quantitative estimate of drug-likeness (QED) is 0.734. The fourth-order valence-electron chi connectivity index (χ4n) is 2.50. The lowest BCUT2D eigenvalue weighted by Gasteiger charge is -2.44. The minimum atomic E-state index is 0.377. The summed E-state index contributed by atoms with van der Waals surface area (Å²) in [6, 6.07) is 4.90. The molecule has 4 nitrogen and oxygen atoms in total. The molecule has 4 heteroatoms. The standard InChI is InChI=1S/C11H16N2O2/c1-2-11(15-4-1)10-7-12-6-9-8-14-5-3-13(9)10/h1-2,4,9-10,12H,3,5-8H2. The molecule has 2 unspecified atom stereocenters. The third kappa shape index (κ3) is 1.69. The maximum absolute atomic E-state index is 5.50. The molecule has 0 aliphatic carbocycles. The molecule has 82 valence electrons. The highest BCUT2D eigenvalue weighted by Crippen LogP contribution is 2.26. The largest absolute Gasteiger partial charge is 0.468 e. The lowest BCUT2D eigenvalue weighted by molar-refractivity contribution is -0.0469. The van der Waals surface area contributed by atoms with Crippen LogP contribution in [0.4, 0.5) is 0 Å². The summed E-state index contributed by atoms with van der Waals surface area (Å²) in [6.07, 6.45) is 1.75. The second-order valence-corrected chi connectivity index (χ2v) is 4.16. The summed E-state index contributed by atoms with van der Waals surface area (Å²) in [5.41, 5.74) is 0. The number of ether oxygens (including phenoxy) is 1. The third-order valence-corrected chi connectivity index (χ3v) is 3.26. The Bertz CT molecular complexity index is 310. The van der Waals surface area contributed by atoms with Gasteiger partial charge in [0, 0.05) is 25.7 Å². The number of morpholine rings is 1. The van der Waals surface area contributed by atoms with Gasteiger partial charge in [0.05, 0.1) is 25.5 Å². The van der Waals surface area contributed by atoms with E-state index in [1.54, 1.807) is 6.26 Å². The first-order valence-electron chi connectivity index (χ1n) is 5.53. The van der Waals surface area contributed by atoms with E-state index in [1.807, 2.05) is 6.07 Å². The molecule has 0 radical (unpaired) electrons. The van der Waals surface area contributed by atoms with Gasteiger partial charge in [-0.25, -0.2) is 0 Å². The maximum Gasteiger partial charge on any atom is 0.122 e. The Balaban J connectivity index is 1.82. The Kier molecular flexibility index (Phi) is 2.48. The van der Waals surface area contributed by atoms with Crippen molar-refractivity contribution >= 4 is 0 Å². The normalized spacial score (nSPS) is 32.5. The highest BCUT2D eigenvalue weighted by atomic mass is 16.5. The molecule has 1 aromatic rings. The number of fused-ring (bicyclic) bond motifs is 1. The van der Waals surface area contributed by atoms with Gasteiger partial charge in [-0.05, 0) is 12.1 Å². The van der Waals surface area contributed by atoms with Crippen molar-refractivity contribution in [1.82, 2.24) is 10.2 Å². The molecule has 0 amide bonds. The van der Waals surface area contributed by atoms with E-state index in [1.165, 1.54) is 0 Å². The fourth-order valence-corrected chi connectivity index (χ4v) is 2.50. The van der Waals surface area contributed by atoms with Gasteiger partial charge < -0.3 is 14.5 Å². The van der Waals surface area contributed by atoms with Crippen LogP contribution in [-0.4, -0.2) is 43.8 Å². The van der Waals surface area contributed by atoms with Gasteiger partial charge in [-0.2, -0.15) is 0 Å². The molecule has 1 aromatic heterocycles. The van der Waals surface area contributed by atoms with E-state index in [4.69, 9.17) is 9.15 Å². The minimum Gasteiger partial charge on any atom is -0.468 e. The minimum absolute atomic E-state index is 0.377. The summed E-state index contributed by atoms with van der Waals surface area (Å²) in [6.45, 7) is 4.69. The van der Waals surface area contributed by atoms with Crippen molar-refractivity contribution < 1.29 is 9.15 Å². The van der Waals surface area contributed by atoms with Crippen LogP contribution in [0.1, 0.15) is 11.8 Å². The molecule has 0 aromatic carbocycles. The van der Waals surface area contributed by atoms with Crippen LogP contribution >= 0.6 is 0 Å². The molecule has 3 rings (SSSR count). The van der Waals surface area contributed by atoms with Gasteiger partial charge in [-0.3, -0.25) is 4.90 Å². The van der Waals surface area contributed by atoms with Gasteiger partial charge in [-0.15, -0.1) is 0 Å². The Morgan fingerprint density at radius 3 is 3.27 bits per heavy atom. The first-order chi connectivity index (χ1) is 7.45. The molecule has 15 heavy (non-hydrogen) atoms. The van der Waals surface area contributed by atoms with Crippen molar-refractivity contribution in [1.29, 1.82) is 0 Å². The number of nitrogens with zero attached hydrogens (tertiary/aromatic N) is 1. The van der Waals surface area contributed by atoms with Crippen molar-refractivity contribution in [2.75, 3.05) is 32.8 Å². The lowest BCUT2D eigenvalue weighted by Crippen LogP contribution is -2.57. The Labute approximate surface area is 89.2 Å². The summed E-state index contributed by atoms with van der Waals surface area (Å²) in [7, 11) is 0. The second-order valence-electron chi connectivity index (χ2n) is 4.16. The molecule has 1 N–H and O–H groups in total. The predicted octanol–water partition coefficient (Wildman–Crippen LogP) is 0.625. The molecular weight excluding hydrogens is 192 g/mol. The van der Waals surface area contributed by atoms with E-state index in [0.29, 0.717) is 12.1 Å². The summed E-state index contributed by atoms with van der Waals surface area (Å²) >= 11 is 0. The fraction of sp³-hybridized carbons (Fsp3) is 0.636. The van der Waals surface area contributed by atoms with Crippen LogP contribution in [0.25, 0.3) is 0 Å². The molecule has 2 aliphatic rings. The number of hydrogen-bond donors (Lipinski definition) is 1. The molecule has 3 heterocycles. The lowest BCUT2D eigenvalue weighted by atomic mass is 10.1. The van der Waals surface area contributed by atoms with Crippen LogP contribution in [0.5, 0.6) is 0 Å². The van der Waals surface area contributed by atoms with Crippen molar-refractivity contribution in [3.05, 3.63) is 24.2 Å². The van der Waals surface area contributed by atoms with E-state index < -0.39 is 0 Å². The maximum atomic E-state index is 5.50. The highest BCUT2D eigenvalue weighted by molar-refractivity contribution is 5.08. The summed E-state index contributed by atoms with van der Waals surface area (Å²) in [5, 5.41) is 3.44. The summed E-state index contributed by atoms with van der Waals surface area (Å²) < 4.78 is 11.0. The van der Waals surface area contributed by atoms with E-state index in [-0.39, 0.29) is 0 Å². The van der Waals surface area contributed by atoms with Crippen LogP contribution in [0.3, 0.4) is 0 Å². The SMILES string of the molecule is c1coc(C2CNCC3COCCN32)c1. The smallest absolute Gasteiger partial charge is 0.122 e. The average molecular weight is 208 g/mol. The first-order valence-corrected chi connectivity index (χ1v) is 5.53. The van der Waals surface area contributed by atoms with Gasteiger partial charge >= 0.3 is 0 Å². The molecular formula is C11H16N2O2. The van der Waals surface area contributed by atoms with Crippen molar-refractivity contribution in [3.8, 4) is 0 Å². The Hall–Kier alpha value is -0.840. The average Bonchev–Trinajstić information content (AvgIpc) is 2.82. The Morgan fingerprint density at radius 1 is 1.40 bits per heavy atom. The molecule has 0 bridgehead atoms. The number of furan rings is 1. The van der Waals surface area contributed by atoms with Crippen LogP contribution in [0.2, 0.25) is 0 Å². The topological polar surface area (TPSA) is 37.6 Å². The van der Waals surface area contributed by atoms with Crippen molar-refractivity contribution in [2.24, 2.45) is 0 Å². The summed E-state index contributed by atoms with van der Waals surface area (Å²) in [5.74, 6) is 1.06. The van der Waals surface area contributed by atoms with Crippen LogP contribution in [0.15, 0.2) is 22.8 Å². The van der Waals surface area contributed by atoms with Gasteiger partial charge in [0.25, 0.3) is 0 Å². The van der Waals surface area contributed by atoms with Crippen LogP contribution in [0, 0.1) is 0 Å². The highest BCUT2D eigenvalue weighted by Gasteiger charge is 2.34. The van der Waals surface area contributed by atoms with Gasteiger partial charge in [-0.1, -0.05) is 0 Å². The van der Waals surface area contributed by atoms with Crippen molar-refractivity contribution in [3.63, 3.8) is 0 Å². The number of hydrogen-bond acceptors (Lipinski definition) is 4. The predicted molar refractivity (Wildman–Crippen MR) is 55.6 cm³/mol. The molecule has 2 fully saturated rings. The molecule has 2 aliphatic heterocycles. The molecule has 0 saturated carbocycles. The van der Waals surface area contributed by atoms with Crippen molar-refractivity contribution in [2.45, 2.75) is 12.1 Å². The number of nitrogens with one attached hydrogen (secondary N) is 1. The molecule has 0 spiro atoms. The van der Waals surface area contributed by atoms with Gasteiger partial charge in [0.15, 0.2) is 0 Å². The molecule has 2 atom stereocenters. The second kappa shape index (κ2) is 3.96. The molecule has 2 saturated heterocycles. The van der Waals surface area contributed by atoms with Gasteiger partial charge in [0.2, 0.25) is 0 Å². The van der Waals surface area contributed by atoms with E-state index >= 15 is 0 Å².